The van der Waals surface area contributed by atoms with Crippen LogP contribution in [0.25, 0.3) is 0 Å². The number of nitrogens with one attached hydrogen (secondary N) is 2. The Kier molecular flexibility index (Phi) is 12.7. The Morgan fingerprint density at radius 1 is 0.851 bits per heavy atom. The van der Waals surface area contributed by atoms with Crippen molar-refractivity contribution in [2.24, 2.45) is 5.92 Å². The van der Waals surface area contributed by atoms with Gasteiger partial charge in [-0.25, -0.2) is 17.5 Å². The molecule has 0 aromatic heterocycles. The minimum absolute atomic E-state index is 0.0194. The number of halogens is 1. The van der Waals surface area contributed by atoms with Crippen LogP contribution in [-0.4, -0.2) is 20.2 Å². The number of sulfonamides is 1. The number of rotatable bonds is 16. The molecule has 0 fully saturated rings. The zero-order valence-electron chi connectivity index (χ0n) is 27.2. The van der Waals surface area contributed by atoms with Gasteiger partial charge in [-0.05, 0) is 96.3 Å². The highest BCUT2D eigenvalue weighted by atomic mass is 32.2. The topological polar surface area (TPSA) is 102 Å². The van der Waals surface area contributed by atoms with Gasteiger partial charge in [-0.2, -0.15) is 0 Å². The number of benzene rings is 4. The molecule has 2 amide bonds. The fourth-order valence-electron chi connectivity index (χ4n) is 5.23. The van der Waals surface area contributed by atoms with Crippen molar-refractivity contribution in [3.63, 3.8) is 0 Å². The molecule has 4 aromatic rings. The summed E-state index contributed by atoms with van der Waals surface area (Å²) < 4.78 is 47.6. The number of unbranched alkanes of at least 4 members (excludes halogenated alkanes) is 1. The third-order valence-corrected chi connectivity index (χ3v) is 9.16. The van der Waals surface area contributed by atoms with Crippen molar-refractivity contribution in [1.29, 1.82) is 0 Å². The van der Waals surface area contributed by atoms with E-state index in [0.717, 1.165) is 36.0 Å². The van der Waals surface area contributed by atoms with Crippen LogP contribution in [-0.2, 0) is 34.3 Å². The van der Waals surface area contributed by atoms with Crippen LogP contribution in [0.3, 0.4) is 0 Å². The summed E-state index contributed by atoms with van der Waals surface area (Å²) in [6, 6.07) is 26.9. The zero-order chi connectivity index (χ0) is 33.8. The lowest BCUT2D eigenvalue weighted by Crippen LogP contribution is -2.32. The first kappa shape index (κ1) is 35.4. The van der Waals surface area contributed by atoms with Gasteiger partial charge < -0.3 is 10.1 Å². The van der Waals surface area contributed by atoms with Crippen molar-refractivity contribution >= 4 is 21.8 Å². The van der Waals surface area contributed by atoms with Gasteiger partial charge in [-0.1, -0.05) is 81.8 Å². The molecule has 2 N–H and O–H groups in total. The SMILES string of the molecule is CCCCc1ccc(S(=O)(=O)NC(=O)CCc2ccc(COc3ccccc3)cc2C(=O)NC(CC(C)C)c2ccc(F)cc2)cc1. The minimum atomic E-state index is -4.05. The predicted molar refractivity (Wildman–Crippen MR) is 182 cm³/mol. The lowest BCUT2D eigenvalue weighted by molar-refractivity contribution is -0.119. The van der Waals surface area contributed by atoms with Gasteiger partial charge in [0.15, 0.2) is 0 Å². The van der Waals surface area contributed by atoms with E-state index in [1.165, 1.54) is 24.3 Å². The van der Waals surface area contributed by atoms with E-state index < -0.39 is 15.9 Å². The first-order chi connectivity index (χ1) is 22.5. The average molecular weight is 659 g/mol. The van der Waals surface area contributed by atoms with Gasteiger partial charge in [0.1, 0.15) is 18.2 Å². The molecule has 0 spiro atoms. The number of amides is 2. The zero-order valence-corrected chi connectivity index (χ0v) is 28.0. The third kappa shape index (κ3) is 10.8. The summed E-state index contributed by atoms with van der Waals surface area (Å²) in [5.41, 5.74) is 3.51. The van der Waals surface area contributed by atoms with Crippen LogP contribution >= 0.6 is 0 Å². The van der Waals surface area contributed by atoms with Gasteiger partial charge in [0.05, 0.1) is 10.9 Å². The third-order valence-electron chi connectivity index (χ3n) is 7.77. The van der Waals surface area contributed by atoms with Crippen molar-refractivity contribution in [3.05, 3.63) is 131 Å². The van der Waals surface area contributed by atoms with Gasteiger partial charge in [0, 0.05) is 12.0 Å². The molecule has 0 saturated carbocycles. The predicted octanol–water partition coefficient (Wildman–Crippen LogP) is 7.70. The van der Waals surface area contributed by atoms with E-state index in [2.05, 4.69) is 17.0 Å². The summed E-state index contributed by atoms with van der Waals surface area (Å²) >= 11 is 0. The standard InChI is InChI=1S/C38H43FN2O5S/c1-4-5-9-28-13-21-34(22-14-28)47(44,45)41-37(42)23-18-30-15-12-29(26-46-33-10-7-6-8-11-33)25-35(30)38(43)40-36(24-27(2)3)31-16-19-32(39)20-17-31/h6-8,10-17,19-22,25,27,36H,4-5,9,18,23-24,26H2,1-3H3,(H,40,43)(H,41,42). The average Bonchev–Trinajstić information content (AvgIpc) is 3.06. The lowest BCUT2D eigenvalue weighted by Gasteiger charge is -2.22. The Morgan fingerprint density at radius 2 is 1.53 bits per heavy atom. The molecule has 4 rings (SSSR count). The summed E-state index contributed by atoms with van der Waals surface area (Å²) in [7, 11) is -4.05. The van der Waals surface area contributed by atoms with Gasteiger partial charge in [0.2, 0.25) is 5.91 Å². The van der Waals surface area contributed by atoms with Crippen LogP contribution in [0.5, 0.6) is 5.75 Å². The van der Waals surface area contributed by atoms with Crippen molar-refractivity contribution in [1.82, 2.24) is 10.0 Å². The van der Waals surface area contributed by atoms with E-state index in [9.17, 15) is 22.4 Å². The Balaban J connectivity index is 1.52. The molecule has 1 unspecified atom stereocenters. The molecule has 0 heterocycles. The second kappa shape index (κ2) is 16.9. The maximum atomic E-state index is 13.9. The second-order valence-corrected chi connectivity index (χ2v) is 13.8. The molecule has 4 aromatic carbocycles. The maximum Gasteiger partial charge on any atom is 0.264 e. The van der Waals surface area contributed by atoms with E-state index in [1.54, 1.807) is 36.4 Å². The highest BCUT2D eigenvalue weighted by Crippen LogP contribution is 2.24. The molecule has 47 heavy (non-hydrogen) atoms. The fraction of sp³-hybridized carbons (Fsp3) is 0.316. The Hall–Kier alpha value is -4.50. The van der Waals surface area contributed by atoms with Crippen molar-refractivity contribution in [2.45, 2.75) is 76.8 Å². The van der Waals surface area contributed by atoms with Crippen LogP contribution in [0.15, 0.2) is 102 Å². The monoisotopic (exact) mass is 658 g/mol. The Labute approximate surface area is 277 Å². The van der Waals surface area contributed by atoms with Gasteiger partial charge in [-0.15, -0.1) is 0 Å². The number of carbonyl (C=O) groups is 2. The number of carbonyl (C=O) groups excluding carboxylic acids is 2. The summed E-state index contributed by atoms with van der Waals surface area (Å²) in [5, 5.41) is 3.11. The highest BCUT2D eigenvalue weighted by Gasteiger charge is 2.22. The molecule has 9 heteroatoms. The molecule has 248 valence electrons. The number of aryl methyl sites for hydroxylation is 2. The summed E-state index contributed by atoms with van der Waals surface area (Å²) in [6.45, 7) is 6.40. The Bertz CT molecular complexity index is 1720. The lowest BCUT2D eigenvalue weighted by atomic mass is 9.95. The molecule has 0 radical (unpaired) electrons. The van der Waals surface area contributed by atoms with Crippen LogP contribution in [0.1, 0.15) is 85.1 Å². The van der Waals surface area contributed by atoms with Crippen molar-refractivity contribution < 1.29 is 27.1 Å². The van der Waals surface area contributed by atoms with E-state index in [-0.39, 0.29) is 48.0 Å². The van der Waals surface area contributed by atoms with Crippen LogP contribution in [0, 0.1) is 11.7 Å². The van der Waals surface area contributed by atoms with E-state index in [1.807, 2.05) is 50.2 Å². The summed E-state index contributed by atoms with van der Waals surface area (Å²) in [4.78, 5) is 26.8. The van der Waals surface area contributed by atoms with Gasteiger partial charge >= 0.3 is 0 Å². The van der Waals surface area contributed by atoms with Crippen molar-refractivity contribution in [2.75, 3.05) is 0 Å². The minimum Gasteiger partial charge on any atom is -0.489 e. The largest absolute Gasteiger partial charge is 0.489 e. The normalized spacial score (nSPS) is 12.0. The summed E-state index contributed by atoms with van der Waals surface area (Å²) in [6.07, 6.45) is 3.51. The maximum absolute atomic E-state index is 13.9. The first-order valence-electron chi connectivity index (χ1n) is 16.0. The van der Waals surface area contributed by atoms with E-state index in [4.69, 9.17) is 4.74 Å². The molecule has 1 atom stereocenters. The first-order valence-corrected chi connectivity index (χ1v) is 17.5. The number of ether oxygens (including phenoxy) is 1. The fourth-order valence-corrected chi connectivity index (χ4v) is 6.25. The highest BCUT2D eigenvalue weighted by molar-refractivity contribution is 7.90. The molecule has 0 bridgehead atoms. The van der Waals surface area contributed by atoms with Crippen LogP contribution in [0.2, 0.25) is 0 Å². The smallest absolute Gasteiger partial charge is 0.264 e. The van der Waals surface area contributed by atoms with Gasteiger partial charge in [-0.3, -0.25) is 9.59 Å². The van der Waals surface area contributed by atoms with Crippen LogP contribution in [0.4, 0.5) is 4.39 Å². The second-order valence-electron chi connectivity index (χ2n) is 12.1. The number of hydrogen-bond acceptors (Lipinski definition) is 5. The summed E-state index contributed by atoms with van der Waals surface area (Å²) in [5.74, 6) is -0.460. The molecule has 7 nitrogen and oxygen atoms in total. The van der Waals surface area contributed by atoms with E-state index in [0.29, 0.717) is 23.3 Å². The Morgan fingerprint density at radius 3 is 2.19 bits per heavy atom. The number of hydrogen-bond donors (Lipinski definition) is 2. The molecule has 0 aliphatic carbocycles. The molecular weight excluding hydrogens is 615 g/mol. The quantitative estimate of drug-likeness (QED) is 0.129. The van der Waals surface area contributed by atoms with Crippen molar-refractivity contribution in [3.8, 4) is 5.75 Å². The molecule has 0 saturated heterocycles. The van der Waals surface area contributed by atoms with E-state index >= 15 is 0 Å². The van der Waals surface area contributed by atoms with Gasteiger partial charge in [0.25, 0.3) is 15.9 Å². The van der Waals surface area contributed by atoms with Crippen LogP contribution < -0.4 is 14.8 Å². The molecular formula is C38H43FN2O5S. The molecule has 0 aliphatic heterocycles. The number of para-hydroxylation sites is 1. The molecule has 0 aliphatic rings.